The van der Waals surface area contributed by atoms with Gasteiger partial charge in [-0.15, -0.1) is 0 Å². The molecule has 1 aromatic heterocycles. The molecule has 0 unspecified atom stereocenters. The maximum Gasteiger partial charge on any atom is 0.413 e. The third-order valence-corrected chi connectivity index (χ3v) is 3.97. The summed E-state index contributed by atoms with van der Waals surface area (Å²) in [7, 11) is 1.86. The monoisotopic (exact) mass is 372 g/mol. The van der Waals surface area contributed by atoms with Crippen molar-refractivity contribution in [3.8, 4) is 0 Å². The highest BCUT2D eigenvalue weighted by atomic mass is 16.6. The van der Waals surface area contributed by atoms with Gasteiger partial charge in [0.05, 0.1) is 18.1 Å². The summed E-state index contributed by atoms with van der Waals surface area (Å²) in [5.41, 5.74) is 3.01. The van der Waals surface area contributed by atoms with Crippen molar-refractivity contribution in [1.29, 1.82) is 0 Å². The summed E-state index contributed by atoms with van der Waals surface area (Å²) in [5, 5.41) is 10.7. The fourth-order valence-corrected chi connectivity index (χ4v) is 2.70. The number of carbonyl (C=O) groups excluding carboxylic acids is 2. The standard InChI is InChI=1S/C20H28N4O3/c1-12(2)18(23-19(26)27-20(4,5)6)22-16(25)10-15-13(3)8-9-14-11-21-24(7)17(14)15/h8-9,11H,10H2,1-7H3,(H,22,25)(H,23,26). The van der Waals surface area contributed by atoms with E-state index < -0.39 is 11.7 Å². The van der Waals surface area contributed by atoms with Gasteiger partial charge in [0.2, 0.25) is 5.91 Å². The van der Waals surface area contributed by atoms with Gasteiger partial charge in [-0.2, -0.15) is 5.10 Å². The van der Waals surface area contributed by atoms with Gasteiger partial charge in [-0.1, -0.05) is 12.1 Å². The number of alkyl carbamates (subject to hydrolysis) is 1. The van der Waals surface area contributed by atoms with Crippen LogP contribution in [0.25, 0.3) is 10.9 Å². The van der Waals surface area contributed by atoms with E-state index in [0.29, 0.717) is 5.82 Å². The Kier molecular flexibility index (Phi) is 5.93. The van der Waals surface area contributed by atoms with Crippen LogP contribution >= 0.6 is 0 Å². The van der Waals surface area contributed by atoms with Crippen LogP contribution in [0, 0.1) is 6.92 Å². The predicted molar refractivity (Wildman–Crippen MR) is 105 cm³/mol. The number of rotatable bonds is 4. The van der Waals surface area contributed by atoms with Crippen molar-refractivity contribution < 1.29 is 14.3 Å². The van der Waals surface area contributed by atoms with E-state index in [-0.39, 0.29) is 12.3 Å². The molecule has 0 bridgehead atoms. The fraction of sp³-hybridized carbons (Fsp3) is 0.450. The minimum absolute atomic E-state index is 0.176. The van der Waals surface area contributed by atoms with E-state index in [1.54, 1.807) is 45.5 Å². The van der Waals surface area contributed by atoms with Crippen molar-refractivity contribution >= 4 is 22.9 Å². The number of hydrogen-bond acceptors (Lipinski definition) is 4. The Morgan fingerprint density at radius 3 is 2.44 bits per heavy atom. The Balaban J connectivity index is 2.16. The number of aromatic nitrogens is 2. The van der Waals surface area contributed by atoms with Gasteiger partial charge in [-0.3, -0.25) is 14.8 Å². The number of benzene rings is 1. The van der Waals surface area contributed by atoms with Crippen LogP contribution in [0.1, 0.15) is 45.7 Å². The van der Waals surface area contributed by atoms with Gasteiger partial charge in [-0.25, -0.2) is 4.79 Å². The molecule has 0 radical (unpaired) electrons. The molecule has 7 heteroatoms. The number of aryl methyl sites for hydroxylation is 2. The summed E-state index contributed by atoms with van der Waals surface area (Å²) in [6, 6.07) is 3.97. The highest BCUT2D eigenvalue weighted by Gasteiger charge is 2.19. The average Bonchev–Trinajstić information content (AvgIpc) is 2.89. The van der Waals surface area contributed by atoms with Crippen LogP contribution in [0.3, 0.4) is 0 Å². The van der Waals surface area contributed by atoms with Crippen LogP contribution in [-0.4, -0.2) is 27.4 Å². The van der Waals surface area contributed by atoms with Crippen LogP contribution in [0.5, 0.6) is 0 Å². The third-order valence-electron chi connectivity index (χ3n) is 3.97. The molecule has 2 amide bonds. The molecule has 0 atom stereocenters. The summed E-state index contributed by atoms with van der Waals surface area (Å²) < 4.78 is 7.02. The number of carbonyl (C=O) groups is 2. The second-order valence-electron chi connectivity index (χ2n) is 7.79. The highest BCUT2D eigenvalue weighted by molar-refractivity contribution is 5.89. The SMILES string of the molecule is CC(C)=C(NC(=O)Cc1c(C)ccc2cnn(C)c12)NC(=O)OC(C)(C)C. The lowest BCUT2D eigenvalue weighted by atomic mass is 10.0. The van der Waals surface area contributed by atoms with E-state index >= 15 is 0 Å². The minimum atomic E-state index is -0.618. The molecule has 0 saturated heterocycles. The maximum atomic E-state index is 12.7. The van der Waals surface area contributed by atoms with E-state index in [1.807, 2.05) is 26.1 Å². The van der Waals surface area contributed by atoms with Gasteiger partial charge in [0, 0.05) is 12.4 Å². The summed E-state index contributed by atoms with van der Waals surface area (Å²) in [6.45, 7) is 10.9. The molecule has 0 aliphatic carbocycles. The first-order chi connectivity index (χ1) is 12.5. The molecule has 2 aromatic rings. The zero-order chi connectivity index (χ0) is 20.4. The first-order valence-corrected chi connectivity index (χ1v) is 8.85. The van der Waals surface area contributed by atoms with Gasteiger partial charge in [0.25, 0.3) is 0 Å². The van der Waals surface area contributed by atoms with Gasteiger partial charge in [0.1, 0.15) is 11.4 Å². The quantitative estimate of drug-likeness (QED) is 0.862. The number of allylic oxidation sites excluding steroid dienone is 1. The van der Waals surface area contributed by atoms with Gasteiger partial charge >= 0.3 is 6.09 Å². The van der Waals surface area contributed by atoms with Crippen LogP contribution in [-0.2, 0) is 23.0 Å². The number of hydrogen-bond donors (Lipinski definition) is 2. The number of ether oxygens (including phenoxy) is 1. The Morgan fingerprint density at radius 2 is 1.85 bits per heavy atom. The van der Waals surface area contributed by atoms with Crippen LogP contribution < -0.4 is 10.6 Å². The zero-order valence-corrected chi connectivity index (χ0v) is 17.1. The topological polar surface area (TPSA) is 85.3 Å². The minimum Gasteiger partial charge on any atom is -0.444 e. The lowest BCUT2D eigenvalue weighted by Gasteiger charge is -2.21. The molecule has 7 nitrogen and oxygen atoms in total. The lowest BCUT2D eigenvalue weighted by Crippen LogP contribution is -2.39. The smallest absolute Gasteiger partial charge is 0.413 e. The first kappa shape index (κ1) is 20.5. The molecule has 0 aliphatic rings. The normalized spacial score (nSPS) is 11.2. The van der Waals surface area contributed by atoms with E-state index in [4.69, 9.17) is 4.74 Å². The fourth-order valence-electron chi connectivity index (χ4n) is 2.70. The molecular formula is C20H28N4O3. The summed E-state index contributed by atoms with van der Waals surface area (Å²) in [6.07, 6.45) is 1.35. The summed E-state index contributed by atoms with van der Waals surface area (Å²) in [4.78, 5) is 24.7. The Labute approximate surface area is 159 Å². The second kappa shape index (κ2) is 7.82. The van der Waals surface area contributed by atoms with Gasteiger partial charge in [-0.05, 0) is 58.2 Å². The third kappa shape index (κ3) is 5.32. The molecule has 0 aliphatic heterocycles. The Morgan fingerprint density at radius 1 is 1.19 bits per heavy atom. The van der Waals surface area contributed by atoms with E-state index in [2.05, 4.69) is 15.7 Å². The van der Waals surface area contributed by atoms with Gasteiger partial charge < -0.3 is 10.1 Å². The molecule has 27 heavy (non-hydrogen) atoms. The second-order valence-corrected chi connectivity index (χ2v) is 7.79. The number of amides is 2. The Bertz CT molecular complexity index is 900. The van der Waals surface area contributed by atoms with E-state index in [0.717, 1.165) is 27.6 Å². The van der Waals surface area contributed by atoms with Crippen LogP contribution in [0.15, 0.2) is 29.7 Å². The van der Waals surface area contributed by atoms with Crippen molar-refractivity contribution in [2.45, 2.75) is 53.6 Å². The lowest BCUT2D eigenvalue weighted by molar-refractivity contribution is -0.119. The molecule has 0 spiro atoms. The number of nitrogens with zero attached hydrogens (tertiary/aromatic N) is 2. The van der Waals surface area contributed by atoms with Crippen molar-refractivity contribution in [2.75, 3.05) is 0 Å². The van der Waals surface area contributed by atoms with E-state index in [1.165, 1.54) is 0 Å². The molecule has 0 fully saturated rings. The molecular weight excluding hydrogens is 344 g/mol. The first-order valence-electron chi connectivity index (χ1n) is 8.85. The molecule has 0 saturated carbocycles. The molecule has 146 valence electrons. The molecule has 1 heterocycles. The zero-order valence-electron chi connectivity index (χ0n) is 17.1. The van der Waals surface area contributed by atoms with Crippen molar-refractivity contribution in [2.24, 2.45) is 7.05 Å². The van der Waals surface area contributed by atoms with Crippen LogP contribution in [0.4, 0.5) is 4.79 Å². The summed E-state index contributed by atoms with van der Waals surface area (Å²) in [5.74, 6) is 0.114. The summed E-state index contributed by atoms with van der Waals surface area (Å²) >= 11 is 0. The molecule has 2 N–H and O–H groups in total. The Hall–Kier alpha value is -2.83. The van der Waals surface area contributed by atoms with Crippen molar-refractivity contribution in [3.63, 3.8) is 0 Å². The van der Waals surface area contributed by atoms with Gasteiger partial charge in [0.15, 0.2) is 0 Å². The molecule has 2 rings (SSSR count). The average molecular weight is 372 g/mol. The highest BCUT2D eigenvalue weighted by Crippen LogP contribution is 2.22. The largest absolute Gasteiger partial charge is 0.444 e. The van der Waals surface area contributed by atoms with Crippen molar-refractivity contribution in [3.05, 3.63) is 40.9 Å². The van der Waals surface area contributed by atoms with E-state index in [9.17, 15) is 9.59 Å². The van der Waals surface area contributed by atoms with Crippen LogP contribution in [0.2, 0.25) is 0 Å². The maximum absolute atomic E-state index is 12.7. The number of nitrogens with one attached hydrogen (secondary N) is 2. The predicted octanol–water partition coefficient (Wildman–Crippen LogP) is 3.32. The number of fused-ring (bicyclic) bond motifs is 1. The van der Waals surface area contributed by atoms with Crippen molar-refractivity contribution in [1.82, 2.24) is 20.4 Å². The molecule has 1 aromatic carbocycles.